The Morgan fingerprint density at radius 1 is 1.86 bits per heavy atom. The Hall–Kier alpha value is -0.240. The number of nitrogens with zero attached hydrogens (tertiary/aromatic N) is 1. The van der Waals surface area contributed by atoms with Gasteiger partial charge < -0.3 is 5.21 Å². The molecule has 0 aliphatic heterocycles. The Bertz CT molecular complexity index is 102. The zero-order valence-electron chi connectivity index (χ0n) is 3.76. The fourth-order valence-corrected chi connectivity index (χ4v) is 0.757. The van der Waals surface area contributed by atoms with Gasteiger partial charge in [0.15, 0.2) is 0 Å². The lowest BCUT2D eigenvalue weighted by molar-refractivity contribution is 0.313. The van der Waals surface area contributed by atoms with Crippen LogP contribution in [0.3, 0.4) is 0 Å². The number of rotatable bonds is 0. The highest BCUT2D eigenvalue weighted by Crippen LogP contribution is 2.21. The summed E-state index contributed by atoms with van der Waals surface area (Å²) in [4.78, 5) is 0. The van der Waals surface area contributed by atoms with E-state index in [9.17, 15) is 0 Å². The molecule has 1 aliphatic carbocycles. The van der Waals surface area contributed by atoms with E-state index in [-0.39, 0.29) is 5.38 Å². The van der Waals surface area contributed by atoms with Gasteiger partial charge in [-0.3, -0.25) is 0 Å². The minimum atomic E-state index is 0.0185. The van der Waals surface area contributed by atoms with Gasteiger partial charge in [-0.1, -0.05) is 5.16 Å². The van der Waals surface area contributed by atoms with Gasteiger partial charge in [-0.25, -0.2) is 0 Å². The molecule has 1 saturated carbocycles. The van der Waals surface area contributed by atoms with Crippen molar-refractivity contribution in [3.8, 4) is 0 Å². The second-order valence-electron chi connectivity index (χ2n) is 1.60. The van der Waals surface area contributed by atoms with Gasteiger partial charge >= 0.3 is 0 Å². The van der Waals surface area contributed by atoms with Crippen LogP contribution in [-0.4, -0.2) is 16.3 Å². The van der Waals surface area contributed by atoms with Crippen LogP contribution in [0.15, 0.2) is 5.16 Å². The Balaban J connectivity index is 2.44. The molecule has 40 valence electrons. The molecular weight excluding hydrogens is 114 g/mol. The number of halogens is 1. The first-order valence-electron chi connectivity index (χ1n) is 2.19. The molecule has 0 bridgehead atoms. The first-order valence-corrected chi connectivity index (χ1v) is 2.63. The summed E-state index contributed by atoms with van der Waals surface area (Å²) in [5, 5.41) is 11.0. The molecule has 0 aromatic heterocycles. The van der Waals surface area contributed by atoms with Crippen LogP contribution >= 0.6 is 11.6 Å². The van der Waals surface area contributed by atoms with E-state index in [1.807, 2.05) is 0 Å². The molecule has 0 saturated heterocycles. The highest BCUT2D eigenvalue weighted by molar-refractivity contribution is 6.34. The summed E-state index contributed by atoms with van der Waals surface area (Å²) in [7, 11) is 0. The van der Waals surface area contributed by atoms with Gasteiger partial charge in [0.05, 0.1) is 11.1 Å². The summed E-state index contributed by atoms with van der Waals surface area (Å²) in [5.74, 6) is 0. The van der Waals surface area contributed by atoms with Gasteiger partial charge in [-0.2, -0.15) is 0 Å². The topological polar surface area (TPSA) is 32.6 Å². The molecular formula is C4H6ClNO. The van der Waals surface area contributed by atoms with Crippen LogP contribution in [0.2, 0.25) is 0 Å². The molecule has 1 N–H and O–H groups in total. The van der Waals surface area contributed by atoms with Gasteiger partial charge in [0.2, 0.25) is 0 Å². The zero-order valence-corrected chi connectivity index (χ0v) is 4.52. The van der Waals surface area contributed by atoms with Crippen LogP contribution in [0.25, 0.3) is 0 Å². The van der Waals surface area contributed by atoms with E-state index in [0.717, 1.165) is 18.6 Å². The van der Waals surface area contributed by atoms with Gasteiger partial charge in [0, 0.05) is 0 Å². The van der Waals surface area contributed by atoms with Gasteiger partial charge in [-0.15, -0.1) is 11.6 Å². The minimum Gasteiger partial charge on any atom is -0.411 e. The Morgan fingerprint density at radius 3 is 2.57 bits per heavy atom. The van der Waals surface area contributed by atoms with Crippen molar-refractivity contribution >= 4 is 17.3 Å². The van der Waals surface area contributed by atoms with E-state index >= 15 is 0 Å². The second kappa shape index (κ2) is 1.70. The van der Waals surface area contributed by atoms with Crippen molar-refractivity contribution in [2.45, 2.75) is 18.2 Å². The third-order valence-corrected chi connectivity index (χ3v) is 1.61. The van der Waals surface area contributed by atoms with Crippen LogP contribution in [0.5, 0.6) is 0 Å². The smallest absolute Gasteiger partial charge is 0.0755 e. The predicted octanol–water partition coefficient (Wildman–Crippen LogP) is 1.22. The molecule has 1 atom stereocenters. The lowest BCUT2D eigenvalue weighted by Gasteiger charge is -2.19. The highest BCUT2D eigenvalue weighted by Gasteiger charge is 2.23. The summed E-state index contributed by atoms with van der Waals surface area (Å²) >= 11 is 5.52. The van der Waals surface area contributed by atoms with E-state index in [0.29, 0.717) is 0 Å². The molecule has 0 radical (unpaired) electrons. The summed E-state index contributed by atoms with van der Waals surface area (Å²) < 4.78 is 0. The van der Waals surface area contributed by atoms with Crippen molar-refractivity contribution in [2.24, 2.45) is 5.16 Å². The third-order valence-electron chi connectivity index (χ3n) is 1.14. The zero-order chi connectivity index (χ0) is 5.28. The van der Waals surface area contributed by atoms with E-state index in [1.54, 1.807) is 0 Å². The van der Waals surface area contributed by atoms with E-state index in [2.05, 4.69) is 5.16 Å². The molecule has 2 nitrogen and oxygen atoms in total. The third kappa shape index (κ3) is 0.703. The molecule has 0 aromatic rings. The van der Waals surface area contributed by atoms with Crippen LogP contribution in [0.1, 0.15) is 12.8 Å². The van der Waals surface area contributed by atoms with Crippen molar-refractivity contribution < 1.29 is 5.21 Å². The second-order valence-corrected chi connectivity index (χ2v) is 2.12. The SMILES string of the molecule is ON=C1CCC1Cl. The maximum absolute atomic E-state index is 8.06. The molecule has 7 heavy (non-hydrogen) atoms. The molecule has 1 rings (SSSR count). The van der Waals surface area contributed by atoms with E-state index in [1.165, 1.54) is 0 Å². The molecule has 0 heterocycles. The maximum Gasteiger partial charge on any atom is 0.0755 e. The summed E-state index contributed by atoms with van der Waals surface area (Å²) in [5.41, 5.74) is 0.724. The molecule has 0 amide bonds. The highest BCUT2D eigenvalue weighted by atomic mass is 35.5. The minimum absolute atomic E-state index is 0.0185. The first kappa shape index (κ1) is 4.91. The van der Waals surface area contributed by atoms with E-state index < -0.39 is 0 Å². The van der Waals surface area contributed by atoms with Crippen molar-refractivity contribution in [2.75, 3.05) is 0 Å². The van der Waals surface area contributed by atoms with Gasteiger partial charge in [0.25, 0.3) is 0 Å². The summed E-state index contributed by atoms with van der Waals surface area (Å²) in [6.45, 7) is 0. The van der Waals surface area contributed by atoms with Crippen LogP contribution in [0.4, 0.5) is 0 Å². The van der Waals surface area contributed by atoms with Crippen LogP contribution in [-0.2, 0) is 0 Å². The lowest BCUT2D eigenvalue weighted by Crippen LogP contribution is -2.25. The molecule has 1 unspecified atom stereocenters. The van der Waals surface area contributed by atoms with Gasteiger partial charge in [-0.05, 0) is 12.8 Å². The molecule has 1 aliphatic rings. The van der Waals surface area contributed by atoms with Crippen LogP contribution < -0.4 is 0 Å². The maximum atomic E-state index is 8.06. The fourth-order valence-electron chi connectivity index (χ4n) is 0.495. The lowest BCUT2D eigenvalue weighted by atomic mass is 9.97. The average molecular weight is 120 g/mol. The number of alkyl halides is 1. The quantitative estimate of drug-likeness (QED) is 0.290. The Labute approximate surface area is 46.8 Å². The van der Waals surface area contributed by atoms with Crippen molar-refractivity contribution in [1.29, 1.82) is 0 Å². The predicted molar refractivity (Wildman–Crippen MR) is 28.1 cm³/mol. The van der Waals surface area contributed by atoms with E-state index in [4.69, 9.17) is 16.8 Å². The molecule has 3 heteroatoms. The first-order chi connectivity index (χ1) is 3.34. The fraction of sp³-hybridized carbons (Fsp3) is 0.750. The number of oxime groups is 1. The Morgan fingerprint density at radius 2 is 2.57 bits per heavy atom. The number of hydrogen-bond donors (Lipinski definition) is 1. The average Bonchev–Trinajstić information content (AvgIpc) is 1.65. The summed E-state index contributed by atoms with van der Waals surface area (Å²) in [6.07, 6.45) is 1.83. The molecule has 0 spiro atoms. The van der Waals surface area contributed by atoms with Gasteiger partial charge in [0.1, 0.15) is 0 Å². The van der Waals surface area contributed by atoms with Crippen molar-refractivity contribution in [3.63, 3.8) is 0 Å². The van der Waals surface area contributed by atoms with Crippen molar-refractivity contribution in [3.05, 3.63) is 0 Å². The largest absolute Gasteiger partial charge is 0.411 e. The van der Waals surface area contributed by atoms with Crippen molar-refractivity contribution in [1.82, 2.24) is 0 Å². The number of hydrogen-bond acceptors (Lipinski definition) is 2. The standard InChI is InChI=1S/C4H6ClNO/c5-3-1-2-4(3)6-7/h3,7H,1-2H2. The Kier molecular flexibility index (Phi) is 1.19. The monoisotopic (exact) mass is 119 g/mol. The molecule has 1 fully saturated rings. The summed E-state index contributed by atoms with van der Waals surface area (Å²) in [6, 6.07) is 0. The van der Waals surface area contributed by atoms with Crippen LogP contribution in [0, 0.1) is 0 Å². The molecule has 0 aromatic carbocycles. The normalized spacial score (nSPS) is 35.6.